The van der Waals surface area contributed by atoms with Crippen molar-refractivity contribution in [1.29, 1.82) is 0 Å². The van der Waals surface area contributed by atoms with Gasteiger partial charge in [0, 0.05) is 11.4 Å². The number of fused-ring (bicyclic) bond motifs is 1. The Hall–Kier alpha value is -3.90. The number of carboxylic acid groups (broad SMARTS) is 1. The Labute approximate surface area is 210 Å². The van der Waals surface area contributed by atoms with Gasteiger partial charge in [-0.05, 0) is 48.5 Å². The molecule has 7 nitrogen and oxygen atoms in total. The van der Waals surface area contributed by atoms with Crippen LogP contribution in [0.2, 0.25) is 0 Å². The Morgan fingerprint density at radius 2 is 1.64 bits per heavy atom. The third kappa shape index (κ3) is 6.01. The highest BCUT2D eigenvalue weighted by molar-refractivity contribution is 8.01. The minimum Gasteiger partial charge on any atom is -0.478 e. The van der Waals surface area contributed by atoms with Gasteiger partial charge in [-0.25, -0.2) is 9.78 Å². The van der Waals surface area contributed by atoms with Gasteiger partial charge in [-0.1, -0.05) is 30.0 Å². The third-order valence-electron chi connectivity index (χ3n) is 4.83. The van der Waals surface area contributed by atoms with Crippen molar-refractivity contribution in [2.75, 3.05) is 16.4 Å². The van der Waals surface area contributed by atoms with E-state index in [1.807, 2.05) is 0 Å². The van der Waals surface area contributed by atoms with Gasteiger partial charge in [0.15, 0.2) is 4.34 Å². The number of amides is 2. The summed E-state index contributed by atoms with van der Waals surface area (Å²) in [6, 6.07) is 15.2. The third-order valence-corrected chi connectivity index (χ3v) is 6.99. The minimum atomic E-state index is -4.51. The molecular formula is C24H16F3N3O4S2. The standard InChI is InChI=1S/C24H16F3N3O4S2/c25-24(26,27)13-4-3-5-14(10-13)28-20(31)12-35-23-30-18-9-8-15(11-19(18)36-23)29-21(32)16-6-1-2-7-17(16)22(33)34/h1-11H,12H2,(H,28,31)(H,29,32)(H,33,34). The first-order chi connectivity index (χ1) is 17.1. The van der Waals surface area contributed by atoms with Gasteiger partial charge in [-0.3, -0.25) is 9.59 Å². The number of nitrogens with zero attached hydrogens (tertiary/aromatic N) is 1. The van der Waals surface area contributed by atoms with Crippen LogP contribution in [0.3, 0.4) is 0 Å². The molecule has 36 heavy (non-hydrogen) atoms. The Morgan fingerprint density at radius 3 is 2.36 bits per heavy atom. The second-order valence-electron chi connectivity index (χ2n) is 7.38. The highest BCUT2D eigenvalue weighted by Crippen LogP contribution is 2.32. The number of benzene rings is 3. The maximum atomic E-state index is 12.8. The summed E-state index contributed by atoms with van der Waals surface area (Å²) in [6.45, 7) is 0. The molecule has 0 unspecified atom stereocenters. The van der Waals surface area contributed by atoms with Crippen LogP contribution in [-0.2, 0) is 11.0 Å². The van der Waals surface area contributed by atoms with E-state index in [9.17, 15) is 32.7 Å². The van der Waals surface area contributed by atoms with E-state index in [2.05, 4.69) is 15.6 Å². The van der Waals surface area contributed by atoms with Crippen LogP contribution in [-0.4, -0.2) is 33.6 Å². The normalized spacial score (nSPS) is 11.3. The second kappa shape index (κ2) is 10.4. The number of hydrogen-bond donors (Lipinski definition) is 3. The molecule has 184 valence electrons. The van der Waals surface area contributed by atoms with Gasteiger partial charge in [0.05, 0.1) is 32.7 Å². The summed E-state index contributed by atoms with van der Waals surface area (Å²) in [5.74, 6) is -2.33. The number of carbonyl (C=O) groups excluding carboxylic acids is 2. The van der Waals surface area contributed by atoms with Crippen LogP contribution in [0, 0.1) is 0 Å². The zero-order valence-electron chi connectivity index (χ0n) is 18.1. The van der Waals surface area contributed by atoms with E-state index in [1.165, 1.54) is 41.7 Å². The summed E-state index contributed by atoms with van der Waals surface area (Å²) in [6.07, 6.45) is -4.51. The van der Waals surface area contributed by atoms with Crippen molar-refractivity contribution in [3.8, 4) is 0 Å². The summed E-state index contributed by atoms with van der Waals surface area (Å²) in [7, 11) is 0. The van der Waals surface area contributed by atoms with Crippen LogP contribution in [0.5, 0.6) is 0 Å². The van der Waals surface area contributed by atoms with Crippen molar-refractivity contribution in [2.24, 2.45) is 0 Å². The average molecular weight is 532 g/mol. The lowest BCUT2D eigenvalue weighted by Gasteiger charge is -2.09. The monoisotopic (exact) mass is 531 g/mol. The number of nitrogens with one attached hydrogen (secondary N) is 2. The Kier molecular flexibility index (Phi) is 7.27. The molecule has 0 fully saturated rings. The van der Waals surface area contributed by atoms with Crippen molar-refractivity contribution in [1.82, 2.24) is 4.98 Å². The molecule has 0 spiro atoms. The number of aromatic nitrogens is 1. The topological polar surface area (TPSA) is 108 Å². The number of rotatable bonds is 7. The number of anilines is 2. The van der Waals surface area contributed by atoms with Gasteiger partial charge in [0.25, 0.3) is 5.91 Å². The highest BCUT2D eigenvalue weighted by atomic mass is 32.2. The van der Waals surface area contributed by atoms with Gasteiger partial charge in [-0.2, -0.15) is 13.2 Å². The molecule has 4 rings (SSSR count). The highest BCUT2D eigenvalue weighted by Gasteiger charge is 2.30. The summed E-state index contributed by atoms with van der Waals surface area (Å²) < 4.78 is 39.8. The molecule has 3 N–H and O–H groups in total. The van der Waals surface area contributed by atoms with Crippen molar-refractivity contribution in [3.63, 3.8) is 0 Å². The molecule has 0 saturated heterocycles. The summed E-state index contributed by atoms with van der Waals surface area (Å²) in [5, 5.41) is 14.4. The van der Waals surface area contributed by atoms with Gasteiger partial charge < -0.3 is 15.7 Å². The second-order valence-corrected chi connectivity index (χ2v) is 9.64. The minimum absolute atomic E-state index is 0.0254. The van der Waals surface area contributed by atoms with E-state index in [0.29, 0.717) is 15.5 Å². The fourth-order valence-corrected chi connectivity index (χ4v) is 5.11. The zero-order valence-corrected chi connectivity index (χ0v) is 19.8. The van der Waals surface area contributed by atoms with Gasteiger partial charge in [-0.15, -0.1) is 11.3 Å². The Balaban J connectivity index is 1.40. The van der Waals surface area contributed by atoms with Crippen molar-refractivity contribution < 1.29 is 32.7 Å². The van der Waals surface area contributed by atoms with Crippen molar-refractivity contribution in [2.45, 2.75) is 10.5 Å². The molecular weight excluding hydrogens is 515 g/mol. The van der Waals surface area contributed by atoms with E-state index in [1.54, 1.807) is 24.3 Å². The van der Waals surface area contributed by atoms with E-state index in [-0.39, 0.29) is 22.6 Å². The van der Waals surface area contributed by atoms with E-state index < -0.39 is 29.5 Å². The molecule has 0 aliphatic heterocycles. The van der Waals surface area contributed by atoms with E-state index in [4.69, 9.17) is 0 Å². The van der Waals surface area contributed by atoms with Crippen LogP contribution in [0.15, 0.2) is 71.1 Å². The molecule has 0 aliphatic carbocycles. The molecule has 0 aliphatic rings. The van der Waals surface area contributed by atoms with Crippen LogP contribution >= 0.6 is 23.1 Å². The number of aromatic carboxylic acids is 1. The zero-order chi connectivity index (χ0) is 25.9. The van der Waals surface area contributed by atoms with E-state index in [0.717, 1.165) is 28.6 Å². The molecule has 2 amide bonds. The van der Waals surface area contributed by atoms with Gasteiger partial charge >= 0.3 is 12.1 Å². The van der Waals surface area contributed by atoms with Crippen LogP contribution in [0.4, 0.5) is 24.5 Å². The predicted octanol–water partition coefficient (Wildman–Crippen LogP) is 6.00. The van der Waals surface area contributed by atoms with E-state index >= 15 is 0 Å². The first-order valence-corrected chi connectivity index (χ1v) is 12.0. The lowest BCUT2D eigenvalue weighted by atomic mass is 10.1. The number of hydrogen-bond acceptors (Lipinski definition) is 6. The Bertz CT molecular complexity index is 1470. The van der Waals surface area contributed by atoms with Gasteiger partial charge in [0.2, 0.25) is 5.91 Å². The van der Waals surface area contributed by atoms with Crippen LogP contribution in [0.25, 0.3) is 10.2 Å². The number of thioether (sulfide) groups is 1. The largest absolute Gasteiger partial charge is 0.478 e. The average Bonchev–Trinajstić information content (AvgIpc) is 3.24. The molecule has 0 radical (unpaired) electrons. The number of thiazole rings is 1. The molecule has 1 aromatic heterocycles. The van der Waals surface area contributed by atoms with Crippen LogP contribution < -0.4 is 10.6 Å². The molecule has 12 heteroatoms. The summed E-state index contributed by atoms with van der Waals surface area (Å²) >= 11 is 2.40. The first kappa shape index (κ1) is 25.2. The molecule has 1 heterocycles. The molecule has 0 bridgehead atoms. The number of alkyl halides is 3. The SMILES string of the molecule is O=C(CSc1nc2ccc(NC(=O)c3ccccc3C(=O)O)cc2s1)Nc1cccc(C(F)(F)F)c1. The van der Waals surface area contributed by atoms with Crippen molar-refractivity contribution in [3.05, 3.63) is 83.4 Å². The lowest BCUT2D eigenvalue weighted by molar-refractivity contribution is -0.137. The Morgan fingerprint density at radius 1 is 0.917 bits per heavy atom. The van der Waals surface area contributed by atoms with Crippen LogP contribution in [0.1, 0.15) is 26.3 Å². The maximum Gasteiger partial charge on any atom is 0.416 e. The predicted molar refractivity (Wildman–Crippen MR) is 132 cm³/mol. The number of carboxylic acids is 1. The fourth-order valence-electron chi connectivity index (χ4n) is 3.21. The fraction of sp³-hybridized carbons (Fsp3) is 0.0833. The number of halogens is 3. The molecule has 3 aromatic carbocycles. The number of carbonyl (C=O) groups is 3. The lowest BCUT2D eigenvalue weighted by Crippen LogP contribution is -2.16. The first-order valence-electron chi connectivity index (χ1n) is 10.2. The van der Waals surface area contributed by atoms with Crippen molar-refractivity contribution >= 4 is 62.5 Å². The molecule has 0 saturated carbocycles. The smallest absolute Gasteiger partial charge is 0.416 e. The quantitative estimate of drug-likeness (QED) is 0.253. The molecule has 0 atom stereocenters. The summed E-state index contributed by atoms with van der Waals surface area (Å²) in [5.41, 5.74) is 0.173. The van der Waals surface area contributed by atoms with Gasteiger partial charge in [0.1, 0.15) is 0 Å². The summed E-state index contributed by atoms with van der Waals surface area (Å²) in [4.78, 5) is 40.6. The maximum absolute atomic E-state index is 12.8. The molecule has 4 aromatic rings.